The van der Waals surface area contributed by atoms with E-state index in [0.29, 0.717) is 0 Å². The van der Waals surface area contributed by atoms with Crippen molar-refractivity contribution in [3.8, 4) is 44.5 Å². The van der Waals surface area contributed by atoms with E-state index in [-0.39, 0.29) is 0 Å². The highest BCUT2D eigenvalue weighted by atomic mass is 15.1. The van der Waals surface area contributed by atoms with Crippen LogP contribution in [0.2, 0.25) is 0 Å². The Kier molecular flexibility index (Phi) is 8.35. The van der Waals surface area contributed by atoms with Crippen LogP contribution in [0.1, 0.15) is 22.3 Å². The molecule has 0 heterocycles. The first-order valence-corrected chi connectivity index (χ1v) is 24.4. The van der Waals surface area contributed by atoms with Gasteiger partial charge in [-0.15, -0.1) is 0 Å². The Labute approximate surface area is 406 Å². The molecule has 0 radical (unpaired) electrons. The first kappa shape index (κ1) is 39.0. The molecular weight excluding hydrogens is 843 g/mol. The number of hydrogen-bond donors (Lipinski definition) is 0. The van der Waals surface area contributed by atoms with Gasteiger partial charge < -0.3 is 4.90 Å². The zero-order chi connectivity index (χ0) is 45.9. The topological polar surface area (TPSA) is 3.24 Å². The van der Waals surface area contributed by atoms with Gasteiger partial charge in [-0.05, 0) is 158 Å². The van der Waals surface area contributed by atoms with E-state index in [9.17, 15) is 0 Å². The first-order valence-electron chi connectivity index (χ1n) is 24.4. The van der Waals surface area contributed by atoms with E-state index >= 15 is 0 Å². The van der Waals surface area contributed by atoms with E-state index in [0.717, 1.165) is 17.1 Å². The summed E-state index contributed by atoms with van der Waals surface area (Å²) >= 11 is 0. The van der Waals surface area contributed by atoms with E-state index < -0.39 is 5.41 Å². The van der Waals surface area contributed by atoms with Crippen LogP contribution < -0.4 is 4.90 Å². The summed E-state index contributed by atoms with van der Waals surface area (Å²) in [4.78, 5) is 2.53. The standard InChI is InChI=1S/C69H43N/c1-2-16-45(17-3-1)61-42-63-59-26-12-15-29-66(59)69(64-27-13-10-24-57(64)58-25-11-14-28-65(58)69)67(63)43-68(61)70(50-38-39-56-54-22-7-6-20-52(54)53-21-8-9-23-55(53)62(56)41-50)49-36-34-44(35-37-49)48-33-32-47-31-30-46-18-4-5-19-51(46)60(47)40-48/h1-43H. The van der Waals surface area contributed by atoms with Crippen molar-refractivity contribution in [2.75, 3.05) is 4.90 Å². The van der Waals surface area contributed by atoms with E-state index in [4.69, 9.17) is 0 Å². The fourth-order valence-corrected chi connectivity index (χ4v) is 12.6. The van der Waals surface area contributed by atoms with Crippen LogP contribution in [0.15, 0.2) is 261 Å². The molecule has 0 atom stereocenters. The third-order valence-electron chi connectivity index (χ3n) is 15.6. The normalized spacial score (nSPS) is 13.0. The van der Waals surface area contributed by atoms with Gasteiger partial charge in [-0.25, -0.2) is 0 Å². The summed E-state index contributed by atoms with van der Waals surface area (Å²) in [6, 6.07) is 97.7. The van der Waals surface area contributed by atoms with Crippen molar-refractivity contribution >= 4 is 70.9 Å². The Morgan fingerprint density at radius 1 is 0.229 bits per heavy atom. The lowest BCUT2D eigenvalue weighted by Gasteiger charge is -2.33. The van der Waals surface area contributed by atoms with Crippen molar-refractivity contribution in [2.24, 2.45) is 0 Å². The van der Waals surface area contributed by atoms with Crippen LogP contribution in [0.3, 0.4) is 0 Å². The molecule has 15 rings (SSSR count). The number of fused-ring (bicyclic) bond motifs is 19. The van der Waals surface area contributed by atoms with Crippen LogP contribution >= 0.6 is 0 Å². The lowest BCUT2D eigenvalue weighted by Crippen LogP contribution is -2.26. The quantitative estimate of drug-likeness (QED) is 0.156. The van der Waals surface area contributed by atoms with Crippen molar-refractivity contribution in [1.29, 1.82) is 0 Å². The second kappa shape index (κ2) is 15.0. The van der Waals surface area contributed by atoms with Crippen molar-refractivity contribution in [1.82, 2.24) is 0 Å². The number of anilines is 3. The molecule has 0 fully saturated rings. The van der Waals surface area contributed by atoms with Crippen LogP contribution in [-0.2, 0) is 5.41 Å². The Morgan fingerprint density at radius 3 is 1.34 bits per heavy atom. The summed E-state index contributed by atoms with van der Waals surface area (Å²) in [5.74, 6) is 0. The van der Waals surface area contributed by atoms with Gasteiger partial charge in [-0.2, -0.15) is 0 Å². The molecule has 0 amide bonds. The highest BCUT2D eigenvalue weighted by Crippen LogP contribution is 2.64. The van der Waals surface area contributed by atoms with Crippen molar-refractivity contribution in [3.63, 3.8) is 0 Å². The Morgan fingerprint density at radius 2 is 0.700 bits per heavy atom. The lowest BCUT2D eigenvalue weighted by molar-refractivity contribution is 0.794. The van der Waals surface area contributed by atoms with Gasteiger partial charge in [0.1, 0.15) is 0 Å². The van der Waals surface area contributed by atoms with Crippen LogP contribution in [0.4, 0.5) is 17.1 Å². The third-order valence-corrected chi connectivity index (χ3v) is 15.6. The average Bonchev–Trinajstić information content (AvgIpc) is 3.90. The maximum atomic E-state index is 2.56. The molecule has 13 aromatic carbocycles. The van der Waals surface area contributed by atoms with Crippen molar-refractivity contribution in [2.45, 2.75) is 5.41 Å². The first-order chi connectivity index (χ1) is 34.7. The molecule has 70 heavy (non-hydrogen) atoms. The molecule has 0 aromatic heterocycles. The number of nitrogens with zero attached hydrogens (tertiary/aromatic N) is 1. The van der Waals surface area contributed by atoms with Gasteiger partial charge in [0, 0.05) is 16.9 Å². The molecule has 0 saturated carbocycles. The molecule has 0 aliphatic heterocycles. The molecule has 0 unspecified atom stereocenters. The maximum absolute atomic E-state index is 2.56. The van der Waals surface area contributed by atoms with Gasteiger partial charge in [0.05, 0.1) is 11.1 Å². The molecule has 0 saturated heterocycles. The van der Waals surface area contributed by atoms with Gasteiger partial charge in [0.2, 0.25) is 0 Å². The van der Waals surface area contributed by atoms with Crippen molar-refractivity contribution in [3.05, 3.63) is 283 Å². The Bertz CT molecular complexity index is 4210. The van der Waals surface area contributed by atoms with Gasteiger partial charge in [-0.1, -0.05) is 218 Å². The van der Waals surface area contributed by atoms with Crippen LogP contribution in [-0.4, -0.2) is 0 Å². The molecule has 2 aliphatic rings. The molecule has 0 bridgehead atoms. The minimum atomic E-state index is -0.503. The van der Waals surface area contributed by atoms with Gasteiger partial charge in [0.15, 0.2) is 0 Å². The van der Waals surface area contributed by atoms with E-state index in [1.54, 1.807) is 0 Å². The molecule has 324 valence electrons. The predicted octanol–water partition coefficient (Wildman–Crippen LogP) is 18.6. The maximum Gasteiger partial charge on any atom is 0.0726 e. The number of rotatable bonds is 5. The minimum absolute atomic E-state index is 0.503. The Hall–Kier alpha value is -9.04. The Balaban J connectivity index is 1.02. The predicted molar refractivity (Wildman–Crippen MR) is 296 cm³/mol. The second-order valence-corrected chi connectivity index (χ2v) is 19.1. The molecular formula is C69H43N. The third kappa shape index (κ3) is 5.49. The zero-order valence-corrected chi connectivity index (χ0v) is 38.3. The highest BCUT2D eigenvalue weighted by Gasteiger charge is 2.52. The van der Waals surface area contributed by atoms with E-state index in [1.807, 2.05) is 0 Å². The smallest absolute Gasteiger partial charge is 0.0726 e. The molecule has 0 N–H and O–H groups in total. The van der Waals surface area contributed by atoms with Crippen LogP contribution in [0.25, 0.3) is 98.4 Å². The minimum Gasteiger partial charge on any atom is -0.310 e. The van der Waals surface area contributed by atoms with Crippen molar-refractivity contribution < 1.29 is 0 Å². The summed E-state index contributed by atoms with van der Waals surface area (Å²) in [6.07, 6.45) is 0. The fraction of sp³-hybridized carbons (Fsp3) is 0.0145. The molecule has 13 aromatic rings. The molecule has 1 spiro atoms. The summed E-state index contributed by atoms with van der Waals surface area (Å²) in [6.45, 7) is 0. The van der Waals surface area contributed by atoms with Gasteiger partial charge in [0.25, 0.3) is 0 Å². The fourth-order valence-electron chi connectivity index (χ4n) is 12.6. The summed E-state index contributed by atoms with van der Waals surface area (Å²) in [5.41, 5.74) is 18.0. The van der Waals surface area contributed by atoms with E-state index in [2.05, 4.69) is 266 Å². The number of hydrogen-bond acceptors (Lipinski definition) is 1. The average molecular weight is 886 g/mol. The summed E-state index contributed by atoms with van der Waals surface area (Å²) in [7, 11) is 0. The van der Waals surface area contributed by atoms with Gasteiger partial charge in [-0.3, -0.25) is 0 Å². The summed E-state index contributed by atoms with van der Waals surface area (Å²) < 4.78 is 0. The molecule has 1 heteroatoms. The largest absolute Gasteiger partial charge is 0.310 e. The van der Waals surface area contributed by atoms with Gasteiger partial charge >= 0.3 is 0 Å². The second-order valence-electron chi connectivity index (χ2n) is 19.1. The lowest BCUT2D eigenvalue weighted by atomic mass is 9.70. The molecule has 1 nitrogen and oxygen atoms in total. The molecule has 2 aliphatic carbocycles. The van der Waals surface area contributed by atoms with Crippen LogP contribution in [0.5, 0.6) is 0 Å². The number of benzene rings is 13. The SMILES string of the molecule is c1ccc(-c2cc3c(cc2N(c2ccc(-c4ccc5ccc6ccccc6c5c4)cc2)c2ccc4c5ccccc5c5ccccc5c4c2)C2(c4ccccc4-c4ccccc42)c2ccccc2-3)cc1. The monoisotopic (exact) mass is 885 g/mol. The zero-order valence-electron chi connectivity index (χ0n) is 38.3. The van der Waals surface area contributed by atoms with Crippen LogP contribution in [0, 0.1) is 0 Å². The highest BCUT2D eigenvalue weighted by molar-refractivity contribution is 6.26. The summed E-state index contributed by atoms with van der Waals surface area (Å²) in [5, 5.41) is 12.6. The van der Waals surface area contributed by atoms with E-state index in [1.165, 1.54) is 121 Å².